The van der Waals surface area contributed by atoms with E-state index in [1.807, 2.05) is 66.7 Å². The van der Waals surface area contributed by atoms with Gasteiger partial charge in [-0.2, -0.15) is 5.26 Å². The molecule has 5 rings (SSSR count). The van der Waals surface area contributed by atoms with Crippen molar-refractivity contribution in [3.8, 4) is 6.07 Å². The molecule has 1 amide bonds. The molecule has 39 heavy (non-hydrogen) atoms. The lowest BCUT2D eigenvalue weighted by Crippen LogP contribution is -2.34. The number of aromatic nitrogens is 2. The molecule has 1 saturated carbocycles. The zero-order valence-electron chi connectivity index (χ0n) is 21.5. The van der Waals surface area contributed by atoms with Crippen molar-refractivity contribution in [3.05, 3.63) is 105 Å². The van der Waals surface area contributed by atoms with E-state index in [1.165, 1.54) is 11.8 Å². The number of carbonyl (C=O) groups excluding carboxylic acids is 1. The summed E-state index contributed by atoms with van der Waals surface area (Å²) in [5.41, 5.74) is 3.09. The van der Waals surface area contributed by atoms with Crippen LogP contribution in [0, 0.1) is 23.2 Å². The van der Waals surface area contributed by atoms with Gasteiger partial charge in [-0.1, -0.05) is 71.9 Å². The minimum absolute atomic E-state index is 0.0356. The van der Waals surface area contributed by atoms with Gasteiger partial charge >= 0.3 is 0 Å². The number of amides is 1. The Morgan fingerprint density at radius 1 is 1.00 bits per heavy atom. The van der Waals surface area contributed by atoms with Crippen LogP contribution in [0.2, 0.25) is 5.02 Å². The Kier molecular flexibility index (Phi) is 8.65. The Morgan fingerprint density at radius 2 is 1.69 bits per heavy atom. The first-order valence-electron chi connectivity index (χ1n) is 13.1. The highest BCUT2D eigenvalue weighted by molar-refractivity contribution is 7.98. The van der Waals surface area contributed by atoms with Gasteiger partial charge in [0.1, 0.15) is 0 Å². The number of thioether (sulfide) groups is 1. The summed E-state index contributed by atoms with van der Waals surface area (Å²) >= 11 is 7.71. The minimum Gasteiger partial charge on any atom is -0.352 e. The molecule has 0 unspecified atom stereocenters. The summed E-state index contributed by atoms with van der Waals surface area (Å²) in [7, 11) is 0. The largest absolute Gasteiger partial charge is 0.352 e. The number of para-hydroxylation sites is 1. The first-order valence-corrected chi connectivity index (χ1v) is 14.5. The quantitative estimate of drug-likeness (QED) is 0.202. The van der Waals surface area contributed by atoms with Crippen molar-refractivity contribution in [1.29, 1.82) is 5.26 Å². The normalized spacial score (nSPS) is 17.0. The Balaban J connectivity index is 1.27. The summed E-state index contributed by atoms with van der Waals surface area (Å²) in [4.78, 5) is 31.2. The van der Waals surface area contributed by atoms with Gasteiger partial charge in [-0.15, -0.1) is 0 Å². The molecule has 0 atom stereocenters. The van der Waals surface area contributed by atoms with E-state index < -0.39 is 0 Å². The van der Waals surface area contributed by atoms with Crippen LogP contribution >= 0.6 is 23.4 Å². The molecule has 3 aromatic carbocycles. The Morgan fingerprint density at radius 3 is 2.46 bits per heavy atom. The van der Waals surface area contributed by atoms with Crippen LogP contribution in [0.25, 0.3) is 10.9 Å². The number of carbonyl (C=O) groups is 1. The average Bonchev–Trinajstić information content (AvgIpc) is 2.97. The highest BCUT2D eigenvalue weighted by Crippen LogP contribution is 2.32. The smallest absolute Gasteiger partial charge is 0.262 e. The van der Waals surface area contributed by atoms with Gasteiger partial charge in [-0.25, -0.2) is 4.98 Å². The number of hydrogen-bond acceptors (Lipinski definition) is 5. The molecule has 1 heterocycles. The number of rotatable bonds is 8. The molecular formula is C31H29ClN4O2S. The number of nitrogens with one attached hydrogen (secondary N) is 1. The zero-order valence-corrected chi connectivity index (χ0v) is 23.0. The fraction of sp³-hybridized carbons (Fsp3) is 0.290. The van der Waals surface area contributed by atoms with Crippen LogP contribution in [0.5, 0.6) is 0 Å². The maximum atomic E-state index is 13.6. The number of nitrogens with zero attached hydrogens (tertiary/aromatic N) is 3. The number of hydrogen-bond donors (Lipinski definition) is 1. The van der Waals surface area contributed by atoms with Gasteiger partial charge in [0.15, 0.2) is 5.16 Å². The SMILES string of the molecule is N#Cc1ccccc1CSc1nc2ccccc2c(=O)n1CC1CCC(C(=O)NCc2ccccc2Cl)CC1. The van der Waals surface area contributed by atoms with Crippen molar-refractivity contribution in [3.63, 3.8) is 0 Å². The van der Waals surface area contributed by atoms with Gasteiger partial charge in [0, 0.05) is 29.8 Å². The highest BCUT2D eigenvalue weighted by Gasteiger charge is 2.27. The number of nitriles is 1. The van der Waals surface area contributed by atoms with Crippen molar-refractivity contribution in [2.45, 2.75) is 49.7 Å². The third-order valence-electron chi connectivity index (χ3n) is 7.39. The molecule has 6 nitrogen and oxygen atoms in total. The Bertz CT molecular complexity index is 1590. The monoisotopic (exact) mass is 556 g/mol. The van der Waals surface area contributed by atoms with E-state index in [9.17, 15) is 14.9 Å². The molecular weight excluding hydrogens is 528 g/mol. The first kappa shape index (κ1) is 27.0. The second kappa shape index (κ2) is 12.5. The minimum atomic E-state index is -0.0451. The van der Waals surface area contributed by atoms with Crippen LogP contribution in [-0.4, -0.2) is 15.5 Å². The first-order chi connectivity index (χ1) is 19.0. The number of fused-ring (bicyclic) bond motifs is 1. The van der Waals surface area contributed by atoms with Crippen molar-refractivity contribution >= 4 is 40.2 Å². The summed E-state index contributed by atoms with van der Waals surface area (Å²) in [6.07, 6.45) is 3.30. The van der Waals surface area contributed by atoms with Gasteiger partial charge in [0.05, 0.1) is 22.5 Å². The molecule has 1 aliphatic rings. The summed E-state index contributed by atoms with van der Waals surface area (Å²) < 4.78 is 1.80. The molecule has 1 N–H and O–H groups in total. The van der Waals surface area contributed by atoms with Crippen LogP contribution in [-0.2, 0) is 23.6 Å². The van der Waals surface area contributed by atoms with Gasteiger partial charge in [-0.3, -0.25) is 14.2 Å². The van der Waals surface area contributed by atoms with Crippen LogP contribution in [0.3, 0.4) is 0 Å². The summed E-state index contributed by atoms with van der Waals surface area (Å²) in [6.45, 7) is 0.985. The molecule has 4 aromatic rings. The predicted molar refractivity (Wildman–Crippen MR) is 155 cm³/mol. The van der Waals surface area contributed by atoms with E-state index in [0.717, 1.165) is 36.8 Å². The standard InChI is InChI=1S/C31H29ClN4O2S/c32-27-11-5-3-8-24(27)18-34-29(37)22-15-13-21(14-16-22)19-36-30(38)26-10-4-6-12-28(26)35-31(36)39-20-25-9-2-1-7-23(25)17-33/h1-12,21-22H,13-16,18-20H2,(H,34,37). The molecule has 1 fully saturated rings. The zero-order chi connectivity index (χ0) is 27.2. The molecule has 0 spiro atoms. The third-order valence-corrected chi connectivity index (χ3v) is 8.78. The third kappa shape index (κ3) is 6.35. The second-order valence-corrected chi connectivity index (χ2v) is 11.3. The molecule has 0 radical (unpaired) electrons. The fourth-order valence-electron chi connectivity index (χ4n) is 5.15. The van der Waals surface area contributed by atoms with Crippen LogP contribution in [0.1, 0.15) is 42.4 Å². The maximum absolute atomic E-state index is 13.6. The lowest BCUT2D eigenvalue weighted by atomic mass is 9.81. The van der Waals surface area contributed by atoms with Gasteiger partial charge in [-0.05, 0) is 67.0 Å². The second-order valence-electron chi connectivity index (χ2n) is 9.91. The molecule has 1 aliphatic carbocycles. The molecule has 8 heteroatoms. The van der Waals surface area contributed by atoms with Crippen molar-refractivity contribution < 1.29 is 4.79 Å². The molecule has 0 aliphatic heterocycles. The maximum Gasteiger partial charge on any atom is 0.262 e. The predicted octanol–water partition coefficient (Wildman–Crippen LogP) is 6.34. The van der Waals surface area contributed by atoms with Crippen molar-refractivity contribution in [2.75, 3.05) is 0 Å². The average molecular weight is 557 g/mol. The van der Waals surface area contributed by atoms with Gasteiger partial charge < -0.3 is 5.32 Å². The summed E-state index contributed by atoms with van der Waals surface area (Å²) in [5.74, 6) is 0.855. The van der Waals surface area contributed by atoms with E-state index in [2.05, 4.69) is 11.4 Å². The van der Waals surface area contributed by atoms with Crippen LogP contribution in [0.4, 0.5) is 0 Å². The summed E-state index contributed by atoms with van der Waals surface area (Å²) in [6, 6.07) is 24.7. The number of halogens is 1. The van der Waals surface area contributed by atoms with E-state index >= 15 is 0 Å². The molecule has 0 saturated heterocycles. The highest BCUT2D eigenvalue weighted by atomic mass is 35.5. The van der Waals surface area contributed by atoms with E-state index in [4.69, 9.17) is 16.6 Å². The topological polar surface area (TPSA) is 87.8 Å². The number of benzene rings is 3. The lowest BCUT2D eigenvalue weighted by molar-refractivity contribution is -0.126. The van der Waals surface area contributed by atoms with Crippen LogP contribution < -0.4 is 10.9 Å². The Hall–Kier alpha value is -3.60. The molecule has 1 aromatic heterocycles. The molecule has 198 valence electrons. The van der Waals surface area contributed by atoms with Crippen molar-refractivity contribution in [2.24, 2.45) is 11.8 Å². The van der Waals surface area contributed by atoms with E-state index in [1.54, 1.807) is 10.6 Å². The fourth-order valence-corrected chi connectivity index (χ4v) is 6.37. The van der Waals surface area contributed by atoms with Crippen LogP contribution in [0.15, 0.2) is 82.7 Å². The van der Waals surface area contributed by atoms with Gasteiger partial charge in [0.25, 0.3) is 5.56 Å². The van der Waals surface area contributed by atoms with E-state index in [0.29, 0.717) is 45.5 Å². The van der Waals surface area contributed by atoms with Crippen molar-refractivity contribution in [1.82, 2.24) is 14.9 Å². The summed E-state index contributed by atoms with van der Waals surface area (Å²) in [5, 5.41) is 14.4. The Labute approximate surface area is 237 Å². The van der Waals surface area contributed by atoms with E-state index in [-0.39, 0.29) is 23.3 Å². The lowest BCUT2D eigenvalue weighted by Gasteiger charge is -2.28. The molecule has 0 bridgehead atoms. The van der Waals surface area contributed by atoms with Gasteiger partial charge in [0.2, 0.25) is 5.91 Å².